The molecule has 2 aromatic carbocycles. The third-order valence-corrected chi connectivity index (χ3v) is 6.00. The van der Waals surface area contributed by atoms with Gasteiger partial charge in [0.2, 0.25) is 0 Å². The van der Waals surface area contributed by atoms with Gasteiger partial charge < -0.3 is 15.1 Å². The van der Waals surface area contributed by atoms with E-state index in [1.807, 2.05) is 6.07 Å². The van der Waals surface area contributed by atoms with Gasteiger partial charge in [0.15, 0.2) is 0 Å². The predicted molar refractivity (Wildman–Crippen MR) is 98.2 cm³/mol. The number of rotatable bonds is 2. The summed E-state index contributed by atoms with van der Waals surface area (Å²) in [7, 11) is 2.15. The average Bonchev–Trinajstić information content (AvgIpc) is 2.86. The summed E-state index contributed by atoms with van der Waals surface area (Å²) in [4.78, 5) is 4.63. The molecule has 4 rings (SSSR count). The number of para-hydroxylation sites is 2. The van der Waals surface area contributed by atoms with Gasteiger partial charge in [0.05, 0.1) is 11.4 Å². The van der Waals surface area contributed by atoms with Crippen LogP contribution in [-0.4, -0.2) is 27.8 Å². The molecule has 1 N–H and O–H groups in total. The maximum atomic E-state index is 5.64. The summed E-state index contributed by atoms with van der Waals surface area (Å²) in [6.07, 6.45) is 0.206. The van der Waals surface area contributed by atoms with Gasteiger partial charge in [-0.25, -0.2) is 0 Å². The SMILES string of the molecule is CN1c2ccccc2N[C@H]2[C@@H]1SC(=S)N2Cc1ccccc1. The van der Waals surface area contributed by atoms with E-state index in [-0.39, 0.29) is 6.17 Å². The first-order valence-corrected chi connectivity index (χ1v) is 8.62. The summed E-state index contributed by atoms with van der Waals surface area (Å²) in [6.45, 7) is 0.844. The molecule has 1 saturated heterocycles. The Morgan fingerprint density at radius 1 is 1.09 bits per heavy atom. The molecular weight excluding hydrogens is 310 g/mol. The molecule has 0 aliphatic carbocycles. The first-order chi connectivity index (χ1) is 10.7. The minimum atomic E-state index is 0.206. The zero-order chi connectivity index (χ0) is 15.1. The van der Waals surface area contributed by atoms with Crippen LogP contribution in [0.2, 0.25) is 0 Å². The fourth-order valence-electron chi connectivity index (χ4n) is 3.09. The average molecular weight is 327 g/mol. The van der Waals surface area contributed by atoms with Crippen LogP contribution in [0, 0.1) is 0 Å². The van der Waals surface area contributed by atoms with Crippen molar-refractivity contribution in [2.75, 3.05) is 17.3 Å². The quantitative estimate of drug-likeness (QED) is 0.845. The minimum Gasteiger partial charge on any atom is -0.361 e. The van der Waals surface area contributed by atoms with E-state index in [0.29, 0.717) is 5.37 Å². The lowest BCUT2D eigenvalue weighted by molar-refractivity contribution is 0.340. The maximum absolute atomic E-state index is 5.64. The second-order valence-corrected chi connectivity index (χ2v) is 7.36. The molecule has 0 aromatic heterocycles. The molecule has 0 bridgehead atoms. The maximum Gasteiger partial charge on any atom is 0.140 e. The Balaban J connectivity index is 1.65. The summed E-state index contributed by atoms with van der Waals surface area (Å²) in [5, 5.41) is 3.98. The van der Waals surface area contributed by atoms with Crippen LogP contribution in [0.5, 0.6) is 0 Å². The highest BCUT2D eigenvalue weighted by Gasteiger charge is 2.43. The number of thiocarbonyl (C=S) groups is 1. The van der Waals surface area contributed by atoms with Crippen molar-refractivity contribution in [3.63, 3.8) is 0 Å². The van der Waals surface area contributed by atoms with Crippen LogP contribution in [0.15, 0.2) is 54.6 Å². The summed E-state index contributed by atoms with van der Waals surface area (Å²) in [5.41, 5.74) is 3.70. The molecule has 5 heteroatoms. The van der Waals surface area contributed by atoms with Crippen LogP contribution >= 0.6 is 24.0 Å². The minimum absolute atomic E-state index is 0.206. The molecule has 0 amide bonds. The monoisotopic (exact) mass is 327 g/mol. The Morgan fingerprint density at radius 3 is 2.64 bits per heavy atom. The normalized spacial score (nSPS) is 23.0. The highest BCUT2D eigenvalue weighted by molar-refractivity contribution is 8.23. The lowest BCUT2D eigenvalue weighted by atomic mass is 10.1. The fourth-order valence-corrected chi connectivity index (χ4v) is 4.70. The van der Waals surface area contributed by atoms with E-state index in [9.17, 15) is 0 Å². The number of anilines is 2. The van der Waals surface area contributed by atoms with Crippen LogP contribution in [-0.2, 0) is 6.54 Å². The van der Waals surface area contributed by atoms with Gasteiger partial charge in [-0.3, -0.25) is 0 Å². The van der Waals surface area contributed by atoms with Crippen LogP contribution in [0.3, 0.4) is 0 Å². The molecule has 2 aromatic rings. The van der Waals surface area contributed by atoms with Crippen LogP contribution < -0.4 is 10.2 Å². The molecule has 22 heavy (non-hydrogen) atoms. The van der Waals surface area contributed by atoms with Crippen molar-refractivity contribution in [2.45, 2.75) is 18.1 Å². The van der Waals surface area contributed by atoms with Crippen LogP contribution in [0.25, 0.3) is 0 Å². The smallest absolute Gasteiger partial charge is 0.140 e. The van der Waals surface area contributed by atoms with E-state index in [1.165, 1.54) is 16.9 Å². The van der Waals surface area contributed by atoms with Crippen molar-refractivity contribution in [1.29, 1.82) is 0 Å². The lowest BCUT2D eigenvalue weighted by Gasteiger charge is -2.40. The van der Waals surface area contributed by atoms with E-state index in [2.05, 4.69) is 70.7 Å². The van der Waals surface area contributed by atoms with Crippen molar-refractivity contribution < 1.29 is 0 Å². The number of thioether (sulfide) groups is 1. The Morgan fingerprint density at radius 2 is 1.82 bits per heavy atom. The topological polar surface area (TPSA) is 18.5 Å². The number of nitrogens with zero attached hydrogens (tertiary/aromatic N) is 2. The molecule has 0 spiro atoms. The van der Waals surface area contributed by atoms with Gasteiger partial charge >= 0.3 is 0 Å². The van der Waals surface area contributed by atoms with Crippen LogP contribution in [0.4, 0.5) is 11.4 Å². The zero-order valence-electron chi connectivity index (χ0n) is 12.3. The molecule has 112 valence electrons. The number of benzene rings is 2. The molecule has 2 aliphatic rings. The van der Waals surface area contributed by atoms with E-state index in [1.54, 1.807) is 11.8 Å². The highest BCUT2D eigenvalue weighted by Crippen LogP contribution is 2.43. The molecular formula is C17H17N3S2. The van der Waals surface area contributed by atoms with Crippen molar-refractivity contribution in [3.05, 3.63) is 60.2 Å². The lowest BCUT2D eigenvalue weighted by Crippen LogP contribution is -2.51. The molecule has 0 radical (unpaired) electrons. The van der Waals surface area contributed by atoms with E-state index >= 15 is 0 Å². The second-order valence-electron chi connectivity index (χ2n) is 5.61. The molecule has 3 nitrogen and oxygen atoms in total. The Labute approximate surface area is 140 Å². The Bertz CT molecular complexity index is 704. The number of fused-ring (bicyclic) bond motifs is 2. The fraction of sp³-hybridized carbons (Fsp3) is 0.235. The summed E-state index contributed by atoms with van der Waals surface area (Å²) in [6, 6.07) is 19.0. The summed E-state index contributed by atoms with van der Waals surface area (Å²) < 4.78 is 0.964. The summed E-state index contributed by atoms with van der Waals surface area (Å²) in [5.74, 6) is 0. The molecule has 2 heterocycles. The van der Waals surface area contributed by atoms with Gasteiger partial charge in [-0.1, -0.05) is 66.4 Å². The zero-order valence-corrected chi connectivity index (χ0v) is 13.9. The van der Waals surface area contributed by atoms with Gasteiger partial charge in [-0.15, -0.1) is 0 Å². The van der Waals surface area contributed by atoms with Gasteiger partial charge in [-0.05, 0) is 17.7 Å². The molecule has 0 saturated carbocycles. The van der Waals surface area contributed by atoms with E-state index in [4.69, 9.17) is 12.2 Å². The highest BCUT2D eigenvalue weighted by atomic mass is 32.2. The molecule has 2 atom stereocenters. The predicted octanol–water partition coefficient (Wildman–Crippen LogP) is 3.73. The number of hydrogen-bond donors (Lipinski definition) is 1. The third-order valence-electron chi connectivity index (χ3n) is 4.23. The third kappa shape index (κ3) is 2.25. The largest absolute Gasteiger partial charge is 0.361 e. The molecule has 1 fully saturated rings. The number of hydrogen-bond acceptors (Lipinski definition) is 4. The van der Waals surface area contributed by atoms with E-state index in [0.717, 1.165) is 10.9 Å². The van der Waals surface area contributed by atoms with Crippen molar-refractivity contribution >= 4 is 39.7 Å². The van der Waals surface area contributed by atoms with E-state index < -0.39 is 0 Å². The van der Waals surface area contributed by atoms with Crippen LogP contribution in [0.1, 0.15) is 5.56 Å². The summed E-state index contributed by atoms with van der Waals surface area (Å²) >= 11 is 7.41. The molecule has 2 aliphatic heterocycles. The second kappa shape index (κ2) is 5.48. The number of likely N-dealkylation sites (N-methyl/N-ethyl adjacent to an activating group) is 1. The molecule has 0 unspecified atom stereocenters. The van der Waals surface area contributed by atoms with Gasteiger partial charge in [-0.2, -0.15) is 0 Å². The standard InChI is InChI=1S/C17H17N3S2/c1-19-14-10-6-5-9-13(14)18-15-16(19)22-17(21)20(15)11-12-7-3-2-4-8-12/h2-10,15-16,18H,11H2,1H3/t15-,16+/m1/s1. The van der Waals surface area contributed by atoms with Crippen molar-refractivity contribution in [1.82, 2.24) is 4.90 Å². The Hall–Kier alpha value is -1.72. The van der Waals surface area contributed by atoms with Gasteiger partial charge in [0.1, 0.15) is 15.9 Å². The first-order valence-electron chi connectivity index (χ1n) is 7.33. The van der Waals surface area contributed by atoms with Crippen molar-refractivity contribution in [3.8, 4) is 0 Å². The van der Waals surface area contributed by atoms with Gasteiger partial charge in [0.25, 0.3) is 0 Å². The van der Waals surface area contributed by atoms with Crippen molar-refractivity contribution in [2.24, 2.45) is 0 Å². The van der Waals surface area contributed by atoms with Gasteiger partial charge in [0, 0.05) is 13.6 Å². The Kier molecular flexibility index (Phi) is 3.47. The number of nitrogens with one attached hydrogen (secondary N) is 1. The first kappa shape index (κ1) is 13.9.